The van der Waals surface area contributed by atoms with E-state index in [0.717, 1.165) is 50.0 Å². The molecular formula is C35H29N3O. The van der Waals surface area contributed by atoms with Crippen molar-refractivity contribution >= 4 is 33.1 Å². The first-order valence-corrected chi connectivity index (χ1v) is 13.4. The van der Waals surface area contributed by atoms with Crippen LogP contribution in [0.3, 0.4) is 0 Å². The minimum absolute atomic E-state index is 0.0201. The zero-order chi connectivity index (χ0) is 26.7. The van der Waals surface area contributed by atoms with E-state index in [2.05, 4.69) is 122 Å². The van der Waals surface area contributed by atoms with E-state index in [9.17, 15) is 0 Å². The van der Waals surface area contributed by atoms with Crippen molar-refractivity contribution in [2.45, 2.75) is 33.1 Å². The molecule has 3 aromatic heterocycles. The van der Waals surface area contributed by atoms with Crippen LogP contribution in [0.25, 0.3) is 61.3 Å². The van der Waals surface area contributed by atoms with E-state index in [0.29, 0.717) is 5.71 Å². The van der Waals surface area contributed by atoms with Crippen LogP contribution in [0.1, 0.15) is 31.9 Å². The topological polar surface area (TPSA) is 43.9 Å². The third-order valence-corrected chi connectivity index (χ3v) is 7.60. The number of nitrogens with zero attached hydrogens (tertiary/aromatic N) is 3. The van der Waals surface area contributed by atoms with Gasteiger partial charge in [0.1, 0.15) is 11.4 Å². The Balaban J connectivity index is 1.59. The quantitative estimate of drug-likeness (QED) is 0.239. The third-order valence-electron chi connectivity index (χ3n) is 7.60. The largest absolute Gasteiger partial charge is 0.437 e. The molecule has 0 aliphatic rings. The second kappa shape index (κ2) is 8.67. The maximum Gasteiger partial charge on any atom is 0.227 e. The number of hydrogen-bond acceptors (Lipinski definition) is 3. The van der Waals surface area contributed by atoms with Gasteiger partial charge in [-0.2, -0.15) is 0 Å². The standard InChI is InChI=1S/C35H29N3O/c1-22-16-18-26(32-31(22)25-13-10-20-36-34(25)39-32)33-37-28-14-8-9-15-30(28)38(33)29-19-17-24(35(2,3)4)21-27(29)23-11-6-5-7-12-23/h5-21H,1-4H3. The van der Waals surface area contributed by atoms with Gasteiger partial charge in [-0.15, -0.1) is 0 Å². The van der Waals surface area contributed by atoms with Crippen molar-refractivity contribution in [3.8, 4) is 28.2 Å². The van der Waals surface area contributed by atoms with Crippen LogP contribution in [0.15, 0.2) is 108 Å². The molecule has 7 rings (SSSR count). The highest BCUT2D eigenvalue weighted by atomic mass is 16.3. The van der Waals surface area contributed by atoms with Crippen molar-refractivity contribution in [1.82, 2.24) is 14.5 Å². The van der Waals surface area contributed by atoms with Crippen molar-refractivity contribution in [1.29, 1.82) is 0 Å². The molecule has 4 aromatic carbocycles. The molecule has 0 saturated carbocycles. The van der Waals surface area contributed by atoms with Crippen LogP contribution in [0.2, 0.25) is 0 Å². The normalized spacial score (nSPS) is 12.1. The lowest BCUT2D eigenvalue weighted by Crippen LogP contribution is -2.12. The van der Waals surface area contributed by atoms with Crippen molar-refractivity contribution in [3.63, 3.8) is 0 Å². The monoisotopic (exact) mass is 507 g/mol. The Bertz CT molecular complexity index is 2010. The maximum atomic E-state index is 6.42. The lowest BCUT2D eigenvalue weighted by Gasteiger charge is -2.23. The Morgan fingerprint density at radius 1 is 0.769 bits per heavy atom. The number of fused-ring (bicyclic) bond motifs is 4. The summed E-state index contributed by atoms with van der Waals surface area (Å²) in [6, 6.07) is 34.1. The van der Waals surface area contributed by atoms with Gasteiger partial charge in [-0.1, -0.05) is 75.4 Å². The maximum absolute atomic E-state index is 6.42. The summed E-state index contributed by atoms with van der Waals surface area (Å²) >= 11 is 0. The van der Waals surface area contributed by atoms with Crippen molar-refractivity contribution in [3.05, 3.63) is 114 Å². The number of hydrogen-bond donors (Lipinski definition) is 0. The molecule has 0 spiro atoms. The molecule has 0 radical (unpaired) electrons. The van der Waals surface area contributed by atoms with Crippen LogP contribution < -0.4 is 0 Å². The molecule has 0 atom stereocenters. The summed E-state index contributed by atoms with van der Waals surface area (Å²) in [7, 11) is 0. The summed E-state index contributed by atoms with van der Waals surface area (Å²) in [4.78, 5) is 9.71. The Morgan fingerprint density at radius 2 is 1.56 bits per heavy atom. The fraction of sp³-hybridized carbons (Fsp3) is 0.143. The van der Waals surface area contributed by atoms with E-state index in [1.54, 1.807) is 6.20 Å². The summed E-state index contributed by atoms with van der Waals surface area (Å²) < 4.78 is 8.71. The molecule has 0 bridgehead atoms. The zero-order valence-corrected chi connectivity index (χ0v) is 22.6. The first-order chi connectivity index (χ1) is 18.9. The Morgan fingerprint density at radius 3 is 2.38 bits per heavy atom. The summed E-state index contributed by atoms with van der Waals surface area (Å²) in [6.45, 7) is 8.89. The lowest BCUT2D eigenvalue weighted by atomic mass is 9.85. The highest BCUT2D eigenvalue weighted by molar-refractivity contribution is 6.10. The van der Waals surface area contributed by atoms with Gasteiger partial charge in [0.25, 0.3) is 0 Å². The smallest absolute Gasteiger partial charge is 0.227 e. The number of aromatic nitrogens is 3. The predicted octanol–water partition coefficient (Wildman–Crippen LogP) is 9.26. The molecule has 0 unspecified atom stereocenters. The van der Waals surface area contributed by atoms with Gasteiger partial charge >= 0.3 is 0 Å². The van der Waals surface area contributed by atoms with Crippen LogP contribution in [0.5, 0.6) is 0 Å². The Labute approximate surface area is 227 Å². The number of para-hydroxylation sites is 2. The summed E-state index contributed by atoms with van der Waals surface area (Å²) in [5.41, 5.74) is 10.3. The van der Waals surface area contributed by atoms with Gasteiger partial charge < -0.3 is 4.42 Å². The van der Waals surface area contributed by atoms with Gasteiger partial charge in [0.15, 0.2) is 0 Å². The molecule has 0 aliphatic heterocycles. The number of rotatable bonds is 3. The molecular weight excluding hydrogens is 478 g/mol. The molecule has 190 valence electrons. The fourth-order valence-electron chi connectivity index (χ4n) is 5.55. The van der Waals surface area contributed by atoms with Crippen molar-refractivity contribution < 1.29 is 4.42 Å². The summed E-state index contributed by atoms with van der Waals surface area (Å²) in [5.74, 6) is 0.848. The lowest BCUT2D eigenvalue weighted by molar-refractivity contribution is 0.590. The number of imidazole rings is 1. The van der Waals surface area contributed by atoms with Crippen LogP contribution in [-0.4, -0.2) is 14.5 Å². The van der Waals surface area contributed by atoms with E-state index in [-0.39, 0.29) is 5.41 Å². The van der Waals surface area contributed by atoms with Gasteiger partial charge in [0.05, 0.1) is 22.3 Å². The van der Waals surface area contributed by atoms with E-state index < -0.39 is 0 Å². The average molecular weight is 508 g/mol. The molecule has 39 heavy (non-hydrogen) atoms. The number of benzene rings is 4. The second-order valence-electron chi connectivity index (χ2n) is 11.2. The van der Waals surface area contributed by atoms with E-state index >= 15 is 0 Å². The Hall–Kier alpha value is -4.70. The minimum atomic E-state index is 0.0201. The molecule has 0 fully saturated rings. The molecule has 0 saturated heterocycles. The van der Waals surface area contributed by atoms with Crippen LogP contribution in [0.4, 0.5) is 0 Å². The fourth-order valence-corrected chi connectivity index (χ4v) is 5.55. The highest BCUT2D eigenvalue weighted by Crippen LogP contribution is 2.41. The van der Waals surface area contributed by atoms with Gasteiger partial charge in [0.2, 0.25) is 5.71 Å². The molecule has 4 nitrogen and oxygen atoms in total. The van der Waals surface area contributed by atoms with Gasteiger partial charge in [-0.3, -0.25) is 4.57 Å². The minimum Gasteiger partial charge on any atom is -0.437 e. The zero-order valence-electron chi connectivity index (χ0n) is 22.6. The van der Waals surface area contributed by atoms with Crippen LogP contribution >= 0.6 is 0 Å². The Kier molecular flexibility index (Phi) is 5.21. The first kappa shape index (κ1) is 23.4. The molecule has 0 amide bonds. The number of furan rings is 1. The number of aryl methyl sites for hydroxylation is 1. The van der Waals surface area contributed by atoms with Gasteiger partial charge in [-0.25, -0.2) is 9.97 Å². The highest BCUT2D eigenvalue weighted by Gasteiger charge is 2.24. The molecule has 0 aliphatic carbocycles. The first-order valence-electron chi connectivity index (χ1n) is 13.4. The van der Waals surface area contributed by atoms with E-state index in [4.69, 9.17) is 9.40 Å². The van der Waals surface area contributed by atoms with Gasteiger partial charge in [0, 0.05) is 22.5 Å². The van der Waals surface area contributed by atoms with Crippen LogP contribution in [0, 0.1) is 6.92 Å². The second-order valence-corrected chi connectivity index (χ2v) is 11.2. The van der Waals surface area contributed by atoms with Crippen molar-refractivity contribution in [2.24, 2.45) is 0 Å². The SMILES string of the molecule is Cc1ccc(-c2nc3ccccc3n2-c2ccc(C(C)(C)C)cc2-c2ccccc2)c2oc3ncccc3c12. The van der Waals surface area contributed by atoms with Crippen molar-refractivity contribution in [2.75, 3.05) is 0 Å². The summed E-state index contributed by atoms with van der Waals surface area (Å²) in [6.07, 6.45) is 1.78. The summed E-state index contributed by atoms with van der Waals surface area (Å²) in [5, 5.41) is 2.11. The van der Waals surface area contributed by atoms with Crippen LogP contribution in [-0.2, 0) is 5.41 Å². The van der Waals surface area contributed by atoms with E-state index in [1.807, 2.05) is 12.1 Å². The molecule has 4 heteroatoms. The molecule has 0 N–H and O–H groups in total. The third kappa shape index (κ3) is 3.75. The predicted molar refractivity (Wildman–Crippen MR) is 160 cm³/mol. The average Bonchev–Trinajstić information content (AvgIpc) is 3.52. The molecule has 7 aromatic rings. The number of pyridine rings is 1. The molecule has 3 heterocycles. The van der Waals surface area contributed by atoms with Gasteiger partial charge in [-0.05, 0) is 71.5 Å². The van der Waals surface area contributed by atoms with E-state index in [1.165, 1.54) is 16.7 Å².